The minimum Gasteiger partial charge on any atom is -0.468 e. The van der Waals surface area contributed by atoms with E-state index in [1.807, 2.05) is 19.9 Å². The van der Waals surface area contributed by atoms with E-state index < -0.39 is 5.97 Å². The Kier molecular flexibility index (Phi) is 4.02. The zero-order chi connectivity index (χ0) is 14.7. The quantitative estimate of drug-likeness (QED) is 0.860. The maximum atomic E-state index is 12.5. The van der Waals surface area contributed by atoms with Crippen LogP contribution >= 0.6 is 0 Å². The van der Waals surface area contributed by atoms with Gasteiger partial charge in [-0.05, 0) is 26.0 Å². The molecule has 0 aliphatic carbocycles. The Bertz CT molecular complexity index is 633. The normalized spacial score (nSPS) is 10.8. The molecule has 0 aliphatic rings. The summed E-state index contributed by atoms with van der Waals surface area (Å²) < 4.78 is 4.63. The van der Waals surface area contributed by atoms with Crippen molar-refractivity contribution in [2.45, 2.75) is 19.9 Å². The molecule has 6 heteroatoms. The number of aromatic nitrogens is 2. The minimum absolute atomic E-state index is 0.0615. The molecule has 0 fully saturated rings. The number of nitrogens with zero attached hydrogens (tertiary/aromatic N) is 2. The van der Waals surface area contributed by atoms with E-state index in [1.54, 1.807) is 18.3 Å². The van der Waals surface area contributed by atoms with Crippen LogP contribution < -0.4 is 0 Å². The number of fused-ring (bicyclic) bond motifs is 1. The van der Waals surface area contributed by atoms with Gasteiger partial charge in [-0.3, -0.25) is 14.7 Å². The number of benzene rings is 1. The zero-order valence-electron chi connectivity index (χ0n) is 11.7. The van der Waals surface area contributed by atoms with Crippen LogP contribution in [0.3, 0.4) is 0 Å². The van der Waals surface area contributed by atoms with E-state index in [1.165, 1.54) is 12.0 Å². The van der Waals surface area contributed by atoms with Crippen LogP contribution in [0.25, 0.3) is 10.9 Å². The summed E-state index contributed by atoms with van der Waals surface area (Å²) in [7, 11) is 1.31. The Morgan fingerprint density at radius 1 is 1.40 bits per heavy atom. The van der Waals surface area contributed by atoms with Crippen molar-refractivity contribution in [2.24, 2.45) is 0 Å². The second-order valence-electron chi connectivity index (χ2n) is 4.77. The highest BCUT2D eigenvalue weighted by Crippen LogP contribution is 2.15. The Morgan fingerprint density at radius 3 is 2.80 bits per heavy atom. The molecule has 0 unspecified atom stereocenters. The number of carbonyl (C=O) groups excluding carboxylic acids is 2. The van der Waals surface area contributed by atoms with Gasteiger partial charge >= 0.3 is 5.97 Å². The van der Waals surface area contributed by atoms with Gasteiger partial charge in [0.05, 0.1) is 18.8 Å². The summed E-state index contributed by atoms with van der Waals surface area (Å²) in [6.07, 6.45) is 1.69. The van der Waals surface area contributed by atoms with Crippen LogP contribution in [0.4, 0.5) is 0 Å². The fraction of sp³-hybridized carbons (Fsp3) is 0.357. The number of hydrogen-bond acceptors (Lipinski definition) is 4. The lowest BCUT2D eigenvalue weighted by atomic mass is 10.1. The second kappa shape index (κ2) is 5.73. The van der Waals surface area contributed by atoms with Crippen LogP contribution in [0, 0.1) is 0 Å². The van der Waals surface area contributed by atoms with Gasteiger partial charge < -0.3 is 9.64 Å². The molecule has 1 N–H and O–H groups in total. The predicted molar refractivity (Wildman–Crippen MR) is 74.3 cm³/mol. The third-order valence-corrected chi connectivity index (χ3v) is 3.10. The maximum Gasteiger partial charge on any atom is 0.325 e. The van der Waals surface area contributed by atoms with Crippen molar-refractivity contribution in [3.63, 3.8) is 0 Å². The molecule has 0 spiro atoms. The maximum absolute atomic E-state index is 12.5. The van der Waals surface area contributed by atoms with Crippen LogP contribution in [0.1, 0.15) is 24.2 Å². The molecule has 106 valence electrons. The van der Waals surface area contributed by atoms with Crippen molar-refractivity contribution >= 4 is 22.8 Å². The third kappa shape index (κ3) is 2.79. The van der Waals surface area contributed by atoms with Crippen molar-refractivity contribution in [1.29, 1.82) is 0 Å². The molecule has 1 aromatic heterocycles. The van der Waals surface area contributed by atoms with Gasteiger partial charge in [-0.25, -0.2) is 0 Å². The number of nitrogens with one attached hydrogen (secondary N) is 1. The van der Waals surface area contributed by atoms with Gasteiger partial charge in [-0.2, -0.15) is 5.10 Å². The third-order valence-electron chi connectivity index (χ3n) is 3.10. The highest BCUT2D eigenvalue weighted by atomic mass is 16.5. The molecular weight excluding hydrogens is 258 g/mol. The van der Waals surface area contributed by atoms with E-state index in [-0.39, 0.29) is 18.5 Å². The van der Waals surface area contributed by atoms with Crippen LogP contribution in [0.15, 0.2) is 24.4 Å². The first-order valence-electron chi connectivity index (χ1n) is 6.34. The molecule has 0 saturated heterocycles. The van der Waals surface area contributed by atoms with Gasteiger partial charge in [0, 0.05) is 17.0 Å². The van der Waals surface area contributed by atoms with Gasteiger partial charge in [-0.1, -0.05) is 6.07 Å². The molecule has 0 radical (unpaired) electrons. The molecule has 0 aliphatic heterocycles. The fourth-order valence-electron chi connectivity index (χ4n) is 1.93. The lowest BCUT2D eigenvalue weighted by molar-refractivity contribution is -0.141. The van der Waals surface area contributed by atoms with Crippen LogP contribution in [0.2, 0.25) is 0 Å². The van der Waals surface area contributed by atoms with Crippen LogP contribution in [-0.4, -0.2) is 46.7 Å². The number of carbonyl (C=O) groups is 2. The summed E-state index contributed by atoms with van der Waals surface area (Å²) in [6, 6.07) is 5.19. The van der Waals surface area contributed by atoms with Crippen LogP contribution in [0.5, 0.6) is 0 Å². The molecule has 1 amide bonds. The van der Waals surface area contributed by atoms with Gasteiger partial charge in [0.25, 0.3) is 5.91 Å². The first-order valence-corrected chi connectivity index (χ1v) is 6.34. The number of hydrogen-bond donors (Lipinski definition) is 1. The van der Waals surface area contributed by atoms with Gasteiger partial charge in [0.15, 0.2) is 0 Å². The number of aromatic amines is 1. The van der Waals surface area contributed by atoms with E-state index in [9.17, 15) is 9.59 Å². The summed E-state index contributed by atoms with van der Waals surface area (Å²) in [5, 5.41) is 7.68. The predicted octanol–water partition coefficient (Wildman–Crippen LogP) is 1.59. The molecule has 2 aromatic rings. The fourth-order valence-corrected chi connectivity index (χ4v) is 1.93. The Labute approximate surface area is 116 Å². The highest BCUT2D eigenvalue weighted by Gasteiger charge is 2.22. The Balaban J connectivity index is 2.28. The average Bonchev–Trinajstić information content (AvgIpc) is 2.90. The summed E-state index contributed by atoms with van der Waals surface area (Å²) in [5.74, 6) is -0.642. The highest BCUT2D eigenvalue weighted by molar-refractivity contribution is 5.99. The monoisotopic (exact) mass is 275 g/mol. The van der Waals surface area contributed by atoms with Gasteiger partial charge in [0.1, 0.15) is 6.54 Å². The Hall–Kier alpha value is -2.37. The van der Waals surface area contributed by atoms with Crippen molar-refractivity contribution in [2.75, 3.05) is 13.7 Å². The number of esters is 1. The van der Waals surface area contributed by atoms with Crippen molar-refractivity contribution in [3.05, 3.63) is 30.0 Å². The summed E-state index contributed by atoms with van der Waals surface area (Å²) in [4.78, 5) is 25.4. The standard InChI is InChI=1S/C14H17N3O3/c1-9(2)17(8-13(18)20-3)14(19)10-4-5-11-7-15-16-12(11)6-10/h4-7,9H,8H2,1-3H3,(H,15,16). The van der Waals surface area contributed by atoms with E-state index >= 15 is 0 Å². The van der Waals surface area contributed by atoms with Gasteiger partial charge in [0.2, 0.25) is 0 Å². The first-order chi connectivity index (χ1) is 9.52. The molecule has 6 nitrogen and oxygen atoms in total. The zero-order valence-corrected chi connectivity index (χ0v) is 11.7. The molecule has 1 aromatic carbocycles. The molecule has 0 atom stereocenters. The summed E-state index contributed by atoms with van der Waals surface area (Å²) in [6.45, 7) is 3.65. The summed E-state index contributed by atoms with van der Waals surface area (Å²) >= 11 is 0. The van der Waals surface area contributed by atoms with Gasteiger partial charge in [-0.15, -0.1) is 0 Å². The number of methoxy groups -OCH3 is 1. The van der Waals surface area contributed by atoms with E-state index in [0.717, 1.165) is 10.9 Å². The topological polar surface area (TPSA) is 75.3 Å². The average molecular weight is 275 g/mol. The lowest BCUT2D eigenvalue weighted by Gasteiger charge is -2.25. The number of H-pyrrole nitrogens is 1. The minimum atomic E-state index is -0.435. The first kappa shape index (κ1) is 14.0. The lowest BCUT2D eigenvalue weighted by Crippen LogP contribution is -2.41. The van der Waals surface area contributed by atoms with Crippen molar-refractivity contribution in [1.82, 2.24) is 15.1 Å². The SMILES string of the molecule is COC(=O)CN(C(=O)c1ccc2cn[nH]c2c1)C(C)C. The van der Waals surface area contributed by atoms with E-state index in [2.05, 4.69) is 14.9 Å². The summed E-state index contributed by atoms with van der Waals surface area (Å²) in [5.41, 5.74) is 1.30. The second-order valence-corrected chi connectivity index (χ2v) is 4.77. The van der Waals surface area contributed by atoms with Crippen molar-refractivity contribution < 1.29 is 14.3 Å². The number of amides is 1. The molecule has 0 saturated carbocycles. The number of rotatable bonds is 4. The van der Waals surface area contributed by atoms with E-state index in [0.29, 0.717) is 5.56 Å². The number of ether oxygens (including phenoxy) is 1. The van der Waals surface area contributed by atoms with Crippen molar-refractivity contribution in [3.8, 4) is 0 Å². The molecule has 0 bridgehead atoms. The smallest absolute Gasteiger partial charge is 0.325 e. The largest absolute Gasteiger partial charge is 0.468 e. The van der Waals surface area contributed by atoms with Crippen LogP contribution in [-0.2, 0) is 9.53 Å². The Morgan fingerprint density at radius 2 is 2.15 bits per heavy atom. The van der Waals surface area contributed by atoms with E-state index in [4.69, 9.17) is 0 Å². The molecular formula is C14H17N3O3. The molecule has 20 heavy (non-hydrogen) atoms. The molecule has 2 rings (SSSR count). The molecule has 1 heterocycles.